The number of halogens is 1. The Bertz CT molecular complexity index is 1180. The minimum Gasteiger partial charge on any atom is -0.352 e. The molecule has 168 valence electrons. The third-order valence-electron chi connectivity index (χ3n) is 5.61. The van der Waals surface area contributed by atoms with Gasteiger partial charge in [-0.15, -0.1) is 0 Å². The number of nitrogens with zero attached hydrogens (tertiary/aromatic N) is 1. The van der Waals surface area contributed by atoms with Crippen molar-refractivity contribution in [2.75, 3.05) is 16.8 Å². The average Bonchev–Trinajstić information content (AvgIpc) is 3.22. The van der Waals surface area contributed by atoms with Crippen LogP contribution in [0.4, 0.5) is 15.8 Å². The van der Waals surface area contributed by atoms with E-state index in [4.69, 9.17) is 0 Å². The fourth-order valence-corrected chi connectivity index (χ4v) is 3.72. The highest BCUT2D eigenvalue weighted by molar-refractivity contribution is 6.06. The minimum atomic E-state index is -0.497. The Labute approximate surface area is 191 Å². The first-order chi connectivity index (χ1) is 15.9. The van der Waals surface area contributed by atoms with Crippen LogP contribution in [0.25, 0.3) is 0 Å². The summed E-state index contributed by atoms with van der Waals surface area (Å²) in [5.74, 6) is -1.52. The van der Waals surface area contributed by atoms with Crippen molar-refractivity contribution < 1.29 is 18.8 Å². The number of rotatable bonds is 6. The van der Waals surface area contributed by atoms with E-state index in [0.717, 1.165) is 11.1 Å². The van der Waals surface area contributed by atoms with E-state index in [1.54, 1.807) is 36.4 Å². The van der Waals surface area contributed by atoms with Gasteiger partial charge in [-0.2, -0.15) is 0 Å². The number of aryl methyl sites for hydroxylation is 1. The van der Waals surface area contributed by atoms with Crippen LogP contribution in [0, 0.1) is 18.7 Å². The highest BCUT2D eigenvalue weighted by Gasteiger charge is 2.35. The standard InChI is InChI=1S/C26H24FN3O3/c1-17-5-11-22(12-6-17)29-26(33)19-3-2-4-23(13-19)30-16-20(14-24(30)31)25(32)28-15-18-7-9-21(27)10-8-18/h2-13,20H,14-16H2,1H3,(H,28,32)(H,29,33)/t20-/m1/s1. The van der Waals surface area contributed by atoms with Gasteiger partial charge in [0.25, 0.3) is 5.91 Å². The molecule has 1 heterocycles. The van der Waals surface area contributed by atoms with Gasteiger partial charge in [0, 0.05) is 36.4 Å². The Balaban J connectivity index is 1.39. The monoisotopic (exact) mass is 445 g/mol. The van der Waals surface area contributed by atoms with E-state index in [-0.39, 0.29) is 43.0 Å². The molecule has 0 bridgehead atoms. The van der Waals surface area contributed by atoms with Crippen molar-refractivity contribution >= 4 is 29.1 Å². The zero-order valence-electron chi connectivity index (χ0n) is 18.2. The van der Waals surface area contributed by atoms with E-state index in [1.165, 1.54) is 17.0 Å². The quantitative estimate of drug-likeness (QED) is 0.601. The van der Waals surface area contributed by atoms with Gasteiger partial charge in [0.05, 0.1) is 5.92 Å². The number of carbonyl (C=O) groups excluding carboxylic acids is 3. The predicted octanol–water partition coefficient (Wildman–Crippen LogP) is 4.06. The summed E-state index contributed by atoms with van der Waals surface area (Å²) in [5, 5.41) is 5.66. The molecule has 2 N–H and O–H groups in total. The maximum atomic E-state index is 13.0. The molecule has 3 amide bonds. The normalized spacial score (nSPS) is 15.4. The molecule has 3 aromatic carbocycles. The first kappa shape index (κ1) is 22.2. The lowest BCUT2D eigenvalue weighted by atomic mass is 10.1. The van der Waals surface area contributed by atoms with Crippen LogP contribution >= 0.6 is 0 Å². The van der Waals surface area contributed by atoms with Gasteiger partial charge >= 0.3 is 0 Å². The molecule has 1 saturated heterocycles. The van der Waals surface area contributed by atoms with Crippen molar-refractivity contribution in [1.82, 2.24) is 5.32 Å². The molecule has 1 atom stereocenters. The van der Waals surface area contributed by atoms with Crippen LogP contribution < -0.4 is 15.5 Å². The number of anilines is 2. The van der Waals surface area contributed by atoms with Gasteiger partial charge in [-0.25, -0.2) is 4.39 Å². The second kappa shape index (κ2) is 9.65. The van der Waals surface area contributed by atoms with Crippen LogP contribution in [0.2, 0.25) is 0 Å². The Hall–Kier alpha value is -4.00. The van der Waals surface area contributed by atoms with Crippen molar-refractivity contribution in [1.29, 1.82) is 0 Å². The fourth-order valence-electron chi connectivity index (χ4n) is 3.72. The molecule has 1 aliphatic rings. The van der Waals surface area contributed by atoms with Crippen LogP contribution in [0.3, 0.4) is 0 Å². The van der Waals surface area contributed by atoms with E-state index < -0.39 is 5.92 Å². The summed E-state index contributed by atoms with van der Waals surface area (Å²) < 4.78 is 13.0. The van der Waals surface area contributed by atoms with Gasteiger partial charge in [-0.3, -0.25) is 14.4 Å². The second-order valence-corrected chi connectivity index (χ2v) is 8.12. The van der Waals surface area contributed by atoms with E-state index in [1.807, 2.05) is 31.2 Å². The van der Waals surface area contributed by atoms with Crippen LogP contribution in [0.1, 0.15) is 27.9 Å². The molecule has 3 aromatic rings. The Morgan fingerprint density at radius 3 is 2.48 bits per heavy atom. The summed E-state index contributed by atoms with van der Waals surface area (Å²) in [5.41, 5.74) is 3.55. The van der Waals surface area contributed by atoms with Crippen molar-refractivity contribution in [2.45, 2.75) is 19.9 Å². The molecule has 1 fully saturated rings. The van der Waals surface area contributed by atoms with Gasteiger partial charge in [-0.1, -0.05) is 35.9 Å². The molecule has 0 saturated carbocycles. The molecular formula is C26H24FN3O3. The second-order valence-electron chi connectivity index (χ2n) is 8.12. The zero-order chi connectivity index (χ0) is 23.4. The fraction of sp³-hybridized carbons (Fsp3) is 0.192. The average molecular weight is 445 g/mol. The lowest BCUT2D eigenvalue weighted by Gasteiger charge is -2.18. The Kier molecular flexibility index (Phi) is 6.49. The van der Waals surface area contributed by atoms with E-state index >= 15 is 0 Å². The lowest BCUT2D eigenvalue weighted by molar-refractivity contribution is -0.126. The number of carbonyl (C=O) groups is 3. The highest BCUT2D eigenvalue weighted by atomic mass is 19.1. The molecule has 7 heteroatoms. The summed E-state index contributed by atoms with van der Waals surface area (Å²) in [6, 6.07) is 20.2. The summed E-state index contributed by atoms with van der Waals surface area (Å²) in [4.78, 5) is 39.4. The lowest BCUT2D eigenvalue weighted by Crippen LogP contribution is -2.32. The van der Waals surface area contributed by atoms with Crippen molar-refractivity contribution in [2.24, 2.45) is 5.92 Å². The highest BCUT2D eigenvalue weighted by Crippen LogP contribution is 2.26. The van der Waals surface area contributed by atoms with E-state index in [9.17, 15) is 18.8 Å². The van der Waals surface area contributed by atoms with Crippen LogP contribution in [0.5, 0.6) is 0 Å². The molecule has 6 nitrogen and oxygen atoms in total. The molecule has 0 unspecified atom stereocenters. The van der Waals surface area contributed by atoms with Gasteiger partial charge < -0.3 is 15.5 Å². The molecule has 4 rings (SSSR count). The molecular weight excluding hydrogens is 421 g/mol. The first-order valence-corrected chi connectivity index (χ1v) is 10.7. The van der Waals surface area contributed by atoms with Crippen LogP contribution in [0.15, 0.2) is 72.8 Å². The molecule has 0 aliphatic carbocycles. The number of nitrogens with one attached hydrogen (secondary N) is 2. The number of hydrogen-bond acceptors (Lipinski definition) is 3. The van der Waals surface area contributed by atoms with Crippen molar-refractivity contribution in [3.8, 4) is 0 Å². The minimum absolute atomic E-state index is 0.0923. The van der Waals surface area contributed by atoms with Gasteiger partial charge in [0.1, 0.15) is 5.82 Å². The van der Waals surface area contributed by atoms with Gasteiger partial charge in [0.2, 0.25) is 11.8 Å². The molecule has 33 heavy (non-hydrogen) atoms. The molecule has 0 spiro atoms. The summed E-state index contributed by atoms with van der Waals surface area (Å²) in [6.07, 6.45) is 0.0923. The van der Waals surface area contributed by atoms with E-state index in [0.29, 0.717) is 16.9 Å². The number of amides is 3. The van der Waals surface area contributed by atoms with Crippen molar-refractivity contribution in [3.63, 3.8) is 0 Å². The topological polar surface area (TPSA) is 78.5 Å². The largest absolute Gasteiger partial charge is 0.352 e. The van der Waals surface area contributed by atoms with Crippen LogP contribution in [-0.4, -0.2) is 24.3 Å². The molecule has 0 aromatic heterocycles. The number of benzene rings is 3. The van der Waals surface area contributed by atoms with Gasteiger partial charge in [-0.05, 0) is 55.0 Å². The predicted molar refractivity (Wildman–Crippen MR) is 124 cm³/mol. The number of hydrogen-bond donors (Lipinski definition) is 2. The van der Waals surface area contributed by atoms with Gasteiger partial charge in [0.15, 0.2) is 0 Å². The first-order valence-electron chi connectivity index (χ1n) is 10.7. The summed E-state index contributed by atoms with van der Waals surface area (Å²) in [7, 11) is 0. The Morgan fingerprint density at radius 2 is 1.76 bits per heavy atom. The third kappa shape index (κ3) is 5.44. The maximum Gasteiger partial charge on any atom is 0.255 e. The summed E-state index contributed by atoms with van der Waals surface area (Å²) in [6.45, 7) is 2.47. The molecule has 0 radical (unpaired) electrons. The SMILES string of the molecule is Cc1ccc(NC(=O)c2cccc(N3C[C@H](C(=O)NCc4ccc(F)cc4)CC3=O)c2)cc1. The smallest absolute Gasteiger partial charge is 0.255 e. The van der Waals surface area contributed by atoms with Crippen LogP contribution in [-0.2, 0) is 16.1 Å². The Morgan fingerprint density at radius 1 is 1.03 bits per heavy atom. The molecule has 1 aliphatic heterocycles. The van der Waals surface area contributed by atoms with E-state index in [2.05, 4.69) is 10.6 Å². The third-order valence-corrected chi connectivity index (χ3v) is 5.61. The zero-order valence-corrected chi connectivity index (χ0v) is 18.2. The maximum absolute atomic E-state index is 13.0. The van der Waals surface area contributed by atoms with Crippen molar-refractivity contribution in [3.05, 3.63) is 95.3 Å². The summed E-state index contributed by atoms with van der Waals surface area (Å²) >= 11 is 0.